The van der Waals surface area contributed by atoms with Crippen LogP contribution in [0, 0.1) is 0 Å². The van der Waals surface area contributed by atoms with E-state index in [0.29, 0.717) is 23.8 Å². The number of ether oxygens (including phenoxy) is 3. The summed E-state index contributed by atoms with van der Waals surface area (Å²) in [5, 5.41) is 2.64. The molecule has 8 heteroatoms. The molecule has 0 atom stereocenters. The second-order valence-corrected chi connectivity index (χ2v) is 5.75. The Labute approximate surface area is 167 Å². The van der Waals surface area contributed by atoms with Crippen LogP contribution in [0.5, 0.6) is 17.2 Å². The molecule has 1 amide bonds. The van der Waals surface area contributed by atoms with E-state index in [1.54, 1.807) is 24.3 Å². The number of amides is 1. The second-order valence-electron chi connectivity index (χ2n) is 5.75. The maximum absolute atomic E-state index is 11.9. The summed E-state index contributed by atoms with van der Waals surface area (Å²) < 4.78 is 16.0. The number of carbonyl (C=O) groups excluding carboxylic acids is 2. The fraction of sp³-hybridized carbons (Fsp3) is 0.143. The van der Waals surface area contributed by atoms with Crippen LogP contribution in [-0.4, -0.2) is 35.1 Å². The predicted octanol–water partition coefficient (Wildman–Crippen LogP) is 3.46. The van der Waals surface area contributed by atoms with Crippen LogP contribution in [0.1, 0.15) is 17.4 Å². The number of rotatable bonds is 8. The second kappa shape index (κ2) is 9.84. The Kier molecular flexibility index (Phi) is 6.72. The minimum Gasteiger partial charge on any atom is -0.494 e. The van der Waals surface area contributed by atoms with Crippen molar-refractivity contribution in [3.8, 4) is 17.2 Å². The average Bonchev–Trinajstić information content (AvgIpc) is 2.75. The zero-order chi connectivity index (χ0) is 20.5. The topological polar surface area (TPSA) is 99.6 Å². The quantitative estimate of drug-likeness (QED) is 0.585. The highest BCUT2D eigenvalue weighted by Gasteiger charge is 2.11. The third-order valence-corrected chi connectivity index (χ3v) is 3.62. The van der Waals surface area contributed by atoms with E-state index in [2.05, 4.69) is 15.3 Å². The van der Waals surface area contributed by atoms with Crippen LogP contribution in [0.15, 0.2) is 67.1 Å². The molecule has 8 nitrogen and oxygen atoms in total. The molecule has 0 fully saturated rings. The van der Waals surface area contributed by atoms with E-state index < -0.39 is 18.5 Å². The number of nitrogens with one attached hydrogen (secondary N) is 1. The molecule has 1 N–H and O–H groups in total. The smallest absolute Gasteiger partial charge is 0.359 e. The molecule has 0 bridgehead atoms. The Hall–Kier alpha value is -3.94. The van der Waals surface area contributed by atoms with Gasteiger partial charge in [-0.2, -0.15) is 0 Å². The first-order valence-corrected chi connectivity index (χ1v) is 8.88. The monoisotopic (exact) mass is 393 g/mol. The van der Waals surface area contributed by atoms with Crippen LogP contribution >= 0.6 is 0 Å². The Morgan fingerprint density at radius 2 is 1.59 bits per heavy atom. The van der Waals surface area contributed by atoms with E-state index in [1.807, 2.05) is 31.2 Å². The summed E-state index contributed by atoms with van der Waals surface area (Å²) in [7, 11) is 0. The van der Waals surface area contributed by atoms with Gasteiger partial charge in [0, 0.05) is 18.1 Å². The van der Waals surface area contributed by atoms with Crippen molar-refractivity contribution >= 4 is 17.6 Å². The number of nitrogens with zero attached hydrogens (tertiary/aromatic N) is 2. The van der Waals surface area contributed by atoms with Gasteiger partial charge in [-0.1, -0.05) is 0 Å². The zero-order valence-corrected chi connectivity index (χ0v) is 15.7. The molecule has 29 heavy (non-hydrogen) atoms. The van der Waals surface area contributed by atoms with Gasteiger partial charge in [0.1, 0.15) is 17.2 Å². The minimum atomic E-state index is -0.715. The summed E-state index contributed by atoms with van der Waals surface area (Å²) in [6, 6.07) is 14.1. The van der Waals surface area contributed by atoms with Crippen LogP contribution < -0.4 is 14.8 Å². The molecule has 1 heterocycles. The van der Waals surface area contributed by atoms with E-state index in [4.69, 9.17) is 14.2 Å². The van der Waals surface area contributed by atoms with Crippen molar-refractivity contribution in [1.29, 1.82) is 0 Å². The number of anilines is 1. The molecule has 2 aromatic carbocycles. The number of hydrogen-bond acceptors (Lipinski definition) is 7. The van der Waals surface area contributed by atoms with Crippen molar-refractivity contribution in [3.63, 3.8) is 0 Å². The van der Waals surface area contributed by atoms with Gasteiger partial charge in [-0.05, 0) is 55.5 Å². The molecule has 3 rings (SSSR count). The van der Waals surface area contributed by atoms with E-state index in [1.165, 1.54) is 18.6 Å². The van der Waals surface area contributed by atoms with Crippen molar-refractivity contribution in [3.05, 3.63) is 72.8 Å². The first-order chi connectivity index (χ1) is 14.1. The van der Waals surface area contributed by atoms with Gasteiger partial charge in [-0.25, -0.2) is 9.78 Å². The molecule has 0 unspecified atom stereocenters. The molecule has 0 aliphatic heterocycles. The normalized spacial score (nSPS) is 10.1. The largest absolute Gasteiger partial charge is 0.494 e. The summed E-state index contributed by atoms with van der Waals surface area (Å²) in [6.45, 7) is 2.10. The molecule has 0 radical (unpaired) electrons. The Bertz CT molecular complexity index is 944. The summed E-state index contributed by atoms with van der Waals surface area (Å²) in [5.41, 5.74) is 0.584. The number of hydrogen-bond donors (Lipinski definition) is 1. The molecular formula is C21H19N3O5. The van der Waals surface area contributed by atoms with Crippen LogP contribution in [0.3, 0.4) is 0 Å². The molecule has 3 aromatic rings. The standard InChI is InChI=1S/C21H19N3O5/c1-2-27-16-7-9-18(10-8-16)29-17-5-3-15(4-6-17)24-20(25)14-28-21(26)19-13-22-11-12-23-19/h3-13H,2,14H2,1H3,(H,24,25). The lowest BCUT2D eigenvalue weighted by Crippen LogP contribution is -2.21. The van der Waals surface area contributed by atoms with E-state index in [-0.39, 0.29) is 5.69 Å². The van der Waals surface area contributed by atoms with Gasteiger partial charge in [0.2, 0.25) is 0 Å². The van der Waals surface area contributed by atoms with Crippen LogP contribution in [0.4, 0.5) is 5.69 Å². The highest BCUT2D eigenvalue weighted by molar-refractivity contribution is 5.94. The predicted molar refractivity (Wildman–Crippen MR) is 105 cm³/mol. The molecule has 0 saturated carbocycles. The summed E-state index contributed by atoms with van der Waals surface area (Å²) in [4.78, 5) is 31.3. The van der Waals surface area contributed by atoms with Crippen molar-refractivity contribution in [2.24, 2.45) is 0 Å². The van der Waals surface area contributed by atoms with Gasteiger partial charge in [-0.3, -0.25) is 9.78 Å². The molecule has 148 valence electrons. The molecule has 1 aromatic heterocycles. The molecule has 0 aliphatic rings. The summed E-state index contributed by atoms with van der Waals surface area (Å²) in [5.74, 6) is 0.870. The van der Waals surface area contributed by atoms with Gasteiger partial charge in [0.25, 0.3) is 5.91 Å². The van der Waals surface area contributed by atoms with Gasteiger partial charge in [-0.15, -0.1) is 0 Å². The maximum Gasteiger partial charge on any atom is 0.359 e. The maximum atomic E-state index is 11.9. The Balaban J connectivity index is 1.48. The lowest BCUT2D eigenvalue weighted by Gasteiger charge is -2.09. The number of benzene rings is 2. The van der Waals surface area contributed by atoms with Crippen molar-refractivity contribution < 1.29 is 23.8 Å². The fourth-order valence-electron chi connectivity index (χ4n) is 2.32. The van der Waals surface area contributed by atoms with E-state index in [9.17, 15) is 9.59 Å². The molecule has 0 saturated heterocycles. The lowest BCUT2D eigenvalue weighted by molar-refractivity contribution is -0.119. The van der Waals surface area contributed by atoms with E-state index >= 15 is 0 Å². The number of carbonyl (C=O) groups is 2. The number of aromatic nitrogens is 2. The fourth-order valence-corrected chi connectivity index (χ4v) is 2.32. The summed E-state index contributed by atoms with van der Waals surface area (Å²) >= 11 is 0. The number of esters is 1. The van der Waals surface area contributed by atoms with Crippen molar-refractivity contribution in [2.75, 3.05) is 18.5 Å². The van der Waals surface area contributed by atoms with Gasteiger partial charge in [0.05, 0.1) is 12.8 Å². The Morgan fingerprint density at radius 3 is 2.21 bits per heavy atom. The summed E-state index contributed by atoms with van der Waals surface area (Å²) in [6.07, 6.45) is 4.07. The van der Waals surface area contributed by atoms with Gasteiger partial charge >= 0.3 is 5.97 Å². The third kappa shape index (κ3) is 6.03. The zero-order valence-electron chi connectivity index (χ0n) is 15.7. The van der Waals surface area contributed by atoms with Crippen LogP contribution in [-0.2, 0) is 9.53 Å². The van der Waals surface area contributed by atoms with Gasteiger partial charge in [0.15, 0.2) is 12.3 Å². The molecular weight excluding hydrogens is 374 g/mol. The van der Waals surface area contributed by atoms with Gasteiger partial charge < -0.3 is 19.5 Å². The van der Waals surface area contributed by atoms with Crippen molar-refractivity contribution in [1.82, 2.24) is 9.97 Å². The van der Waals surface area contributed by atoms with E-state index in [0.717, 1.165) is 5.75 Å². The SMILES string of the molecule is CCOc1ccc(Oc2ccc(NC(=O)COC(=O)c3cnccn3)cc2)cc1. The third-order valence-electron chi connectivity index (χ3n) is 3.62. The molecule has 0 aliphatic carbocycles. The Morgan fingerprint density at radius 1 is 0.931 bits per heavy atom. The highest BCUT2D eigenvalue weighted by Crippen LogP contribution is 2.25. The minimum absolute atomic E-state index is 0.0380. The average molecular weight is 393 g/mol. The van der Waals surface area contributed by atoms with Crippen LogP contribution in [0.25, 0.3) is 0 Å². The first-order valence-electron chi connectivity index (χ1n) is 8.88. The first kappa shape index (κ1) is 19.8. The van der Waals surface area contributed by atoms with Crippen molar-refractivity contribution in [2.45, 2.75) is 6.92 Å². The lowest BCUT2D eigenvalue weighted by atomic mass is 10.3. The van der Waals surface area contributed by atoms with Crippen LogP contribution in [0.2, 0.25) is 0 Å². The molecule has 0 spiro atoms. The highest BCUT2D eigenvalue weighted by atomic mass is 16.5.